The maximum Gasteiger partial charge on any atom is 0.264 e. The van der Waals surface area contributed by atoms with Crippen LogP contribution in [-0.2, 0) is 13.3 Å². The van der Waals surface area contributed by atoms with Crippen LogP contribution in [-0.4, -0.2) is 49.6 Å². The van der Waals surface area contributed by atoms with Crippen molar-refractivity contribution in [1.82, 2.24) is 0 Å². The molecule has 7 heteroatoms. The van der Waals surface area contributed by atoms with E-state index >= 15 is 0 Å². The zero-order chi connectivity index (χ0) is 31.5. The predicted molar refractivity (Wildman–Crippen MR) is 190 cm³/mol. The van der Waals surface area contributed by atoms with Crippen LogP contribution in [0.25, 0.3) is 0 Å². The van der Waals surface area contributed by atoms with Crippen molar-refractivity contribution in [3.63, 3.8) is 0 Å². The average molecular weight is 627 g/mol. The lowest BCUT2D eigenvalue weighted by molar-refractivity contribution is 0.0118. The minimum absolute atomic E-state index is 0.0258. The van der Waals surface area contributed by atoms with Crippen molar-refractivity contribution >= 4 is 43.4 Å². The van der Waals surface area contributed by atoms with Gasteiger partial charge in [-0.1, -0.05) is 106 Å². The van der Waals surface area contributed by atoms with Gasteiger partial charge in [0.1, 0.15) is 8.07 Å². The molecule has 0 amide bonds. The first-order chi connectivity index (χ1) is 18.7. The van der Waals surface area contributed by atoms with Crippen molar-refractivity contribution in [2.45, 2.75) is 116 Å². The van der Waals surface area contributed by atoms with E-state index in [9.17, 15) is 0 Å². The molecule has 0 aromatic heterocycles. The van der Waals surface area contributed by atoms with E-state index in [0.29, 0.717) is 0 Å². The minimum Gasteiger partial charge on any atom is -0.411 e. The molecule has 2 aromatic rings. The molecule has 0 spiro atoms. The SMILES string of the molecule is C=C[Si](C)(C)O[C@@H](C)[Si](C)(C)OC(C)(CC)C(C)(C)[Si](OC(C)(C)[Si](C)(C)C=C)(c1ccccc1)c1ccccc1. The molecular weight excluding hydrogens is 569 g/mol. The summed E-state index contributed by atoms with van der Waals surface area (Å²) in [5.41, 5.74) is 3.72. The van der Waals surface area contributed by atoms with E-state index in [1.54, 1.807) is 0 Å². The third kappa shape index (κ3) is 7.08. The monoisotopic (exact) mass is 626 g/mol. The molecule has 0 heterocycles. The Morgan fingerprint density at radius 1 is 0.732 bits per heavy atom. The zero-order valence-electron chi connectivity index (χ0n) is 28.4. The Kier molecular flexibility index (Phi) is 11.1. The van der Waals surface area contributed by atoms with Gasteiger partial charge < -0.3 is 13.3 Å². The van der Waals surface area contributed by atoms with Crippen LogP contribution in [0.4, 0.5) is 0 Å². The van der Waals surface area contributed by atoms with Crippen molar-refractivity contribution in [2.75, 3.05) is 0 Å². The molecule has 0 aliphatic heterocycles. The van der Waals surface area contributed by atoms with Gasteiger partial charge in [0.2, 0.25) is 16.6 Å². The van der Waals surface area contributed by atoms with E-state index < -0.39 is 38.6 Å². The molecular formula is C34H58O3Si4. The van der Waals surface area contributed by atoms with Crippen LogP contribution in [0.15, 0.2) is 85.2 Å². The molecule has 0 saturated carbocycles. The zero-order valence-corrected chi connectivity index (χ0v) is 32.4. The summed E-state index contributed by atoms with van der Waals surface area (Å²) in [5.74, 6) is 0. The summed E-state index contributed by atoms with van der Waals surface area (Å²) in [5, 5.41) is 1.79. The molecule has 2 aromatic carbocycles. The van der Waals surface area contributed by atoms with E-state index in [1.165, 1.54) is 10.4 Å². The van der Waals surface area contributed by atoms with Crippen LogP contribution in [0.2, 0.25) is 44.3 Å². The summed E-state index contributed by atoms with van der Waals surface area (Å²) in [4.78, 5) is 0. The summed E-state index contributed by atoms with van der Waals surface area (Å²) in [6.07, 6.45) is 0.853. The normalized spacial score (nSPS) is 16.1. The largest absolute Gasteiger partial charge is 0.411 e. The standard InChI is InChI=1S/C34H58O3Si4/c1-16-34(9,37-40(14,15)29(4)35-39(12,13)18-3)32(5,6)41(30-25-21-19-22-26-30,31-27-23-20-24-28-31)36-33(7,8)38(10,11)17-2/h17-29H,2-3,16H2,1,4-15H3/t29-,34?/m1/s1. The summed E-state index contributed by atoms with van der Waals surface area (Å²) < 4.78 is 22.1. The maximum absolute atomic E-state index is 7.87. The van der Waals surface area contributed by atoms with Crippen LogP contribution in [0.1, 0.15) is 54.9 Å². The lowest BCUT2D eigenvalue weighted by Crippen LogP contribution is -2.76. The van der Waals surface area contributed by atoms with Crippen molar-refractivity contribution in [3.05, 3.63) is 85.2 Å². The summed E-state index contributed by atoms with van der Waals surface area (Å²) in [6, 6.07) is 21.9. The predicted octanol–water partition coefficient (Wildman–Crippen LogP) is 8.56. The molecule has 1 unspecified atom stereocenters. The molecule has 228 valence electrons. The van der Waals surface area contributed by atoms with Crippen LogP contribution in [0.3, 0.4) is 0 Å². The van der Waals surface area contributed by atoms with Crippen LogP contribution >= 0.6 is 0 Å². The van der Waals surface area contributed by atoms with E-state index in [2.05, 4.69) is 167 Å². The fraction of sp³-hybridized carbons (Fsp3) is 0.529. The molecule has 0 aliphatic rings. The number of rotatable bonds is 15. The van der Waals surface area contributed by atoms with E-state index in [-0.39, 0.29) is 16.0 Å². The van der Waals surface area contributed by atoms with Gasteiger partial charge in [-0.25, -0.2) is 0 Å². The average Bonchev–Trinajstić information content (AvgIpc) is 2.91. The Morgan fingerprint density at radius 2 is 1.17 bits per heavy atom. The van der Waals surface area contributed by atoms with Gasteiger partial charge in [0, 0.05) is 10.3 Å². The van der Waals surface area contributed by atoms with Crippen LogP contribution in [0.5, 0.6) is 0 Å². The van der Waals surface area contributed by atoms with Gasteiger partial charge in [-0.15, -0.1) is 13.2 Å². The molecule has 0 N–H and O–H groups in total. The number of benzene rings is 2. The second kappa shape index (κ2) is 12.7. The highest BCUT2D eigenvalue weighted by atomic mass is 28.4. The van der Waals surface area contributed by atoms with Crippen molar-refractivity contribution < 1.29 is 13.3 Å². The Hall–Kier alpha value is -1.33. The van der Waals surface area contributed by atoms with Gasteiger partial charge in [0.15, 0.2) is 0 Å². The summed E-state index contributed by atoms with van der Waals surface area (Å²) in [7, 11) is -9.39. The van der Waals surface area contributed by atoms with Crippen molar-refractivity contribution in [2.24, 2.45) is 0 Å². The molecule has 2 atom stereocenters. The molecule has 0 aliphatic carbocycles. The highest BCUT2D eigenvalue weighted by molar-refractivity contribution is 7.00. The second-order valence-corrected chi connectivity index (χ2v) is 31.5. The van der Waals surface area contributed by atoms with Gasteiger partial charge in [0.05, 0.1) is 11.3 Å². The Labute approximate surface area is 256 Å². The molecule has 0 radical (unpaired) electrons. The lowest BCUT2D eigenvalue weighted by atomic mass is 9.89. The topological polar surface area (TPSA) is 27.7 Å². The molecule has 0 bridgehead atoms. The van der Waals surface area contributed by atoms with E-state index in [1.807, 2.05) is 5.70 Å². The van der Waals surface area contributed by atoms with Crippen molar-refractivity contribution in [1.29, 1.82) is 0 Å². The minimum atomic E-state index is -3.05. The molecule has 2 rings (SSSR count). The van der Waals surface area contributed by atoms with Gasteiger partial charge in [-0.05, 0) is 70.7 Å². The first-order valence-electron chi connectivity index (χ1n) is 15.1. The molecule has 0 fully saturated rings. The molecule has 0 saturated heterocycles. The van der Waals surface area contributed by atoms with Gasteiger partial charge in [0.25, 0.3) is 8.32 Å². The number of hydrogen-bond donors (Lipinski definition) is 0. The highest BCUT2D eigenvalue weighted by Crippen LogP contribution is 2.53. The van der Waals surface area contributed by atoms with Gasteiger partial charge >= 0.3 is 0 Å². The van der Waals surface area contributed by atoms with Gasteiger partial charge in [-0.3, -0.25) is 0 Å². The maximum atomic E-state index is 7.87. The summed E-state index contributed by atoms with van der Waals surface area (Å²) in [6.45, 7) is 38.2. The van der Waals surface area contributed by atoms with E-state index in [4.69, 9.17) is 13.3 Å². The second-order valence-electron chi connectivity index (χ2n) is 14.4. The first kappa shape index (κ1) is 35.9. The quantitative estimate of drug-likeness (QED) is 0.185. The lowest BCUT2D eigenvalue weighted by Gasteiger charge is -2.59. The summed E-state index contributed by atoms with van der Waals surface area (Å²) >= 11 is 0. The van der Waals surface area contributed by atoms with Gasteiger partial charge in [-0.2, -0.15) is 0 Å². The van der Waals surface area contributed by atoms with Crippen LogP contribution in [0, 0.1) is 0 Å². The number of hydrogen-bond acceptors (Lipinski definition) is 3. The van der Waals surface area contributed by atoms with Crippen molar-refractivity contribution in [3.8, 4) is 0 Å². The highest BCUT2D eigenvalue weighted by Gasteiger charge is 2.64. The Balaban J connectivity index is 2.91. The third-order valence-corrected chi connectivity index (χ3v) is 25.2. The Morgan fingerprint density at radius 3 is 1.54 bits per heavy atom. The van der Waals surface area contributed by atoms with E-state index in [0.717, 1.165) is 6.42 Å². The Bertz CT molecular complexity index is 1120. The molecule has 41 heavy (non-hydrogen) atoms. The molecule has 3 nitrogen and oxygen atoms in total. The smallest absolute Gasteiger partial charge is 0.264 e. The van der Waals surface area contributed by atoms with Crippen LogP contribution < -0.4 is 10.4 Å². The third-order valence-electron chi connectivity index (χ3n) is 10.1. The fourth-order valence-corrected chi connectivity index (χ4v) is 17.8. The first-order valence-corrected chi connectivity index (χ1v) is 26.1. The fourth-order valence-electron chi connectivity index (χ4n) is 5.56.